The fourth-order valence-electron chi connectivity index (χ4n) is 3.66. The lowest BCUT2D eigenvalue weighted by atomic mass is 9.87. The van der Waals surface area contributed by atoms with Gasteiger partial charge in [-0.05, 0) is 59.6 Å². The fourth-order valence-corrected chi connectivity index (χ4v) is 5.13. The SMILES string of the molecule is CC(C)(C)c1ccc(S(=O)(=O)N2CCC(c3ccc(OCC#N)cc3)CC2)cc1. The van der Waals surface area contributed by atoms with Crippen molar-refractivity contribution in [2.24, 2.45) is 0 Å². The molecule has 1 aliphatic rings. The molecule has 2 aromatic rings. The Bertz CT molecular complexity index is 961. The van der Waals surface area contributed by atoms with Crippen molar-refractivity contribution in [3.63, 3.8) is 0 Å². The Kier molecular flexibility index (Phi) is 6.30. The molecule has 6 heteroatoms. The number of benzene rings is 2. The van der Waals surface area contributed by atoms with Gasteiger partial charge >= 0.3 is 0 Å². The molecule has 1 fully saturated rings. The van der Waals surface area contributed by atoms with Gasteiger partial charge in [0.05, 0.1) is 4.90 Å². The van der Waals surface area contributed by atoms with Gasteiger partial charge in [-0.1, -0.05) is 45.0 Å². The van der Waals surface area contributed by atoms with Crippen LogP contribution in [0.5, 0.6) is 5.75 Å². The fraction of sp³-hybridized carbons (Fsp3) is 0.435. The maximum Gasteiger partial charge on any atom is 0.243 e. The van der Waals surface area contributed by atoms with Crippen molar-refractivity contribution in [1.29, 1.82) is 5.26 Å². The Hall–Kier alpha value is -2.36. The molecule has 0 bridgehead atoms. The van der Waals surface area contributed by atoms with Crippen molar-refractivity contribution < 1.29 is 13.2 Å². The monoisotopic (exact) mass is 412 g/mol. The topological polar surface area (TPSA) is 70.4 Å². The van der Waals surface area contributed by atoms with E-state index in [2.05, 4.69) is 20.8 Å². The lowest BCUT2D eigenvalue weighted by Gasteiger charge is -2.31. The van der Waals surface area contributed by atoms with E-state index in [4.69, 9.17) is 10.00 Å². The molecule has 1 aliphatic heterocycles. The van der Waals surface area contributed by atoms with E-state index in [9.17, 15) is 8.42 Å². The molecule has 1 saturated heterocycles. The molecule has 5 nitrogen and oxygen atoms in total. The summed E-state index contributed by atoms with van der Waals surface area (Å²) in [5.74, 6) is 1.00. The third kappa shape index (κ3) is 4.98. The molecule has 0 aliphatic carbocycles. The Balaban J connectivity index is 1.64. The standard InChI is InChI=1S/C23H28N2O3S/c1-23(2,3)20-6-10-22(11-7-20)29(26,27)25-15-12-19(13-16-25)18-4-8-21(9-5-18)28-17-14-24/h4-11,19H,12-13,15-17H2,1-3H3. The van der Waals surface area contributed by atoms with E-state index in [-0.39, 0.29) is 12.0 Å². The van der Waals surface area contributed by atoms with Crippen LogP contribution in [0, 0.1) is 11.3 Å². The van der Waals surface area contributed by atoms with Gasteiger partial charge in [-0.3, -0.25) is 0 Å². The Morgan fingerprint density at radius 2 is 1.62 bits per heavy atom. The van der Waals surface area contributed by atoms with Crippen LogP contribution in [0.2, 0.25) is 0 Å². The molecule has 3 rings (SSSR count). The summed E-state index contributed by atoms with van der Waals surface area (Å²) in [5.41, 5.74) is 2.30. The highest BCUT2D eigenvalue weighted by atomic mass is 32.2. The molecule has 0 unspecified atom stereocenters. The summed E-state index contributed by atoms with van der Waals surface area (Å²) in [7, 11) is -3.46. The van der Waals surface area contributed by atoms with Crippen LogP contribution in [-0.4, -0.2) is 32.4 Å². The van der Waals surface area contributed by atoms with Gasteiger partial charge in [0.25, 0.3) is 0 Å². The lowest BCUT2D eigenvalue weighted by Crippen LogP contribution is -2.37. The first kappa shape index (κ1) is 21.4. The van der Waals surface area contributed by atoms with E-state index in [0.717, 1.165) is 18.4 Å². The van der Waals surface area contributed by atoms with Crippen LogP contribution >= 0.6 is 0 Å². The maximum absolute atomic E-state index is 13.0. The minimum Gasteiger partial charge on any atom is -0.479 e. The van der Waals surface area contributed by atoms with Crippen LogP contribution in [0.15, 0.2) is 53.4 Å². The van der Waals surface area contributed by atoms with E-state index in [1.54, 1.807) is 16.4 Å². The molecule has 0 N–H and O–H groups in total. The van der Waals surface area contributed by atoms with Crippen molar-refractivity contribution in [3.8, 4) is 11.8 Å². The second kappa shape index (κ2) is 8.56. The van der Waals surface area contributed by atoms with Gasteiger partial charge in [0.2, 0.25) is 10.0 Å². The van der Waals surface area contributed by atoms with Crippen molar-refractivity contribution in [1.82, 2.24) is 4.31 Å². The second-order valence-corrected chi connectivity index (χ2v) is 10.4. The predicted octanol–water partition coefficient (Wildman–Crippen LogP) is 4.45. The maximum atomic E-state index is 13.0. The number of piperidine rings is 1. The molecule has 0 atom stereocenters. The van der Waals surface area contributed by atoms with Crippen molar-refractivity contribution in [2.75, 3.05) is 19.7 Å². The number of nitrogens with zero attached hydrogens (tertiary/aromatic N) is 2. The first-order chi connectivity index (χ1) is 13.7. The molecule has 1 heterocycles. The average molecular weight is 413 g/mol. The molecule has 2 aromatic carbocycles. The largest absolute Gasteiger partial charge is 0.479 e. The number of hydrogen-bond acceptors (Lipinski definition) is 4. The van der Waals surface area contributed by atoms with Gasteiger partial charge in [-0.25, -0.2) is 8.42 Å². The summed E-state index contributed by atoms with van der Waals surface area (Å²) >= 11 is 0. The highest BCUT2D eigenvalue weighted by Crippen LogP contribution is 2.32. The Labute approximate surface area is 174 Å². The van der Waals surface area contributed by atoms with Gasteiger partial charge < -0.3 is 4.74 Å². The second-order valence-electron chi connectivity index (χ2n) is 8.47. The molecule has 0 spiro atoms. The summed E-state index contributed by atoms with van der Waals surface area (Å²) in [6.07, 6.45) is 1.58. The van der Waals surface area contributed by atoms with E-state index in [0.29, 0.717) is 29.7 Å². The molecule has 154 valence electrons. The summed E-state index contributed by atoms with van der Waals surface area (Å²) in [5, 5.41) is 8.58. The molecule has 29 heavy (non-hydrogen) atoms. The van der Waals surface area contributed by atoms with E-state index in [1.165, 1.54) is 5.56 Å². The average Bonchev–Trinajstić information content (AvgIpc) is 2.72. The van der Waals surface area contributed by atoms with Crippen molar-refractivity contribution in [3.05, 3.63) is 59.7 Å². The molecular formula is C23H28N2O3S. The zero-order valence-electron chi connectivity index (χ0n) is 17.3. The molecule has 0 saturated carbocycles. The van der Waals surface area contributed by atoms with Crippen LogP contribution in [-0.2, 0) is 15.4 Å². The van der Waals surface area contributed by atoms with Gasteiger partial charge in [0.15, 0.2) is 6.61 Å². The van der Waals surface area contributed by atoms with Gasteiger partial charge in [0, 0.05) is 13.1 Å². The van der Waals surface area contributed by atoms with Crippen LogP contribution < -0.4 is 4.74 Å². The van der Waals surface area contributed by atoms with Crippen molar-refractivity contribution in [2.45, 2.75) is 49.8 Å². The lowest BCUT2D eigenvalue weighted by molar-refractivity contribution is 0.319. The highest BCUT2D eigenvalue weighted by molar-refractivity contribution is 7.89. The molecule has 0 amide bonds. The zero-order chi connectivity index (χ0) is 21.1. The van der Waals surface area contributed by atoms with Crippen LogP contribution in [0.1, 0.15) is 50.7 Å². The first-order valence-electron chi connectivity index (χ1n) is 9.92. The number of nitriles is 1. The van der Waals surface area contributed by atoms with Gasteiger partial charge in [0.1, 0.15) is 11.8 Å². The zero-order valence-corrected chi connectivity index (χ0v) is 18.1. The number of sulfonamides is 1. The van der Waals surface area contributed by atoms with E-state index in [1.807, 2.05) is 42.5 Å². The number of hydrogen-bond donors (Lipinski definition) is 0. The highest BCUT2D eigenvalue weighted by Gasteiger charge is 2.30. The van der Waals surface area contributed by atoms with Crippen molar-refractivity contribution >= 4 is 10.0 Å². The summed E-state index contributed by atoms with van der Waals surface area (Å²) in [6, 6.07) is 17.0. The van der Waals surface area contributed by atoms with Crippen LogP contribution in [0.4, 0.5) is 0 Å². The van der Waals surface area contributed by atoms with E-state index >= 15 is 0 Å². The smallest absolute Gasteiger partial charge is 0.243 e. The minimum absolute atomic E-state index is 0.00413. The third-order valence-electron chi connectivity index (χ3n) is 5.47. The van der Waals surface area contributed by atoms with E-state index < -0.39 is 10.0 Å². The quantitative estimate of drug-likeness (QED) is 0.727. The summed E-state index contributed by atoms with van der Waals surface area (Å²) in [4.78, 5) is 0.364. The van der Waals surface area contributed by atoms with Crippen LogP contribution in [0.25, 0.3) is 0 Å². The molecule has 0 aromatic heterocycles. The summed E-state index contributed by atoms with van der Waals surface area (Å²) in [6.45, 7) is 7.41. The number of rotatable bonds is 5. The summed E-state index contributed by atoms with van der Waals surface area (Å²) < 4.78 is 32.9. The number of ether oxygens (including phenoxy) is 1. The van der Waals surface area contributed by atoms with Crippen LogP contribution in [0.3, 0.4) is 0 Å². The molecular weight excluding hydrogens is 384 g/mol. The Morgan fingerprint density at radius 3 is 2.14 bits per heavy atom. The minimum atomic E-state index is -3.46. The van der Waals surface area contributed by atoms with Gasteiger partial charge in [-0.2, -0.15) is 9.57 Å². The normalized spacial score (nSPS) is 16.3. The van der Waals surface area contributed by atoms with Gasteiger partial charge in [-0.15, -0.1) is 0 Å². The predicted molar refractivity (Wildman–Crippen MR) is 113 cm³/mol. The third-order valence-corrected chi connectivity index (χ3v) is 7.38. The Morgan fingerprint density at radius 1 is 1.03 bits per heavy atom. The first-order valence-corrected chi connectivity index (χ1v) is 11.4. The molecule has 0 radical (unpaired) electrons.